The molecule has 3 nitrogen and oxygen atoms in total. The highest BCUT2D eigenvalue weighted by molar-refractivity contribution is 5.09. The van der Waals surface area contributed by atoms with E-state index in [0.29, 0.717) is 6.04 Å². The molecule has 0 aliphatic heterocycles. The molecule has 0 aromatic carbocycles. The second-order valence-electron chi connectivity index (χ2n) is 4.89. The Kier molecular flexibility index (Phi) is 3.99. The van der Waals surface area contributed by atoms with Gasteiger partial charge in [-0.25, -0.2) is 0 Å². The van der Waals surface area contributed by atoms with Gasteiger partial charge >= 0.3 is 0 Å². The van der Waals surface area contributed by atoms with Gasteiger partial charge in [-0.3, -0.25) is 4.68 Å². The number of aromatic nitrogens is 2. The third-order valence-corrected chi connectivity index (χ3v) is 3.71. The fourth-order valence-electron chi connectivity index (χ4n) is 2.18. The minimum Gasteiger partial charge on any atom is -0.310 e. The van der Waals surface area contributed by atoms with Gasteiger partial charge in [0.25, 0.3) is 0 Å². The predicted octanol–water partition coefficient (Wildman–Crippen LogP) is 2.74. The number of hydrogen-bond acceptors (Lipinski definition) is 2. The molecule has 1 aliphatic carbocycles. The van der Waals surface area contributed by atoms with Crippen LogP contribution in [0.1, 0.15) is 51.1 Å². The zero-order valence-corrected chi connectivity index (χ0v) is 10.4. The Bertz CT molecular complexity index is 315. The van der Waals surface area contributed by atoms with E-state index in [2.05, 4.69) is 30.5 Å². The van der Waals surface area contributed by atoms with E-state index in [0.717, 1.165) is 19.0 Å². The molecule has 0 bridgehead atoms. The molecule has 0 saturated heterocycles. The van der Waals surface area contributed by atoms with Crippen molar-refractivity contribution in [3.05, 3.63) is 18.0 Å². The molecule has 0 radical (unpaired) electrons. The van der Waals surface area contributed by atoms with Crippen molar-refractivity contribution in [2.75, 3.05) is 6.54 Å². The van der Waals surface area contributed by atoms with Crippen LogP contribution in [0.15, 0.2) is 12.4 Å². The van der Waals surface area contributed by atoms with Gasteiger partial charge in [-0.2, -0.15) is 5.10 Å². The normalized spacial score (nSPS) is 18.4. The maximum absolute atomic E-state index is 4.30. The van der Waals surface area contributed by atoms with E-state index in [-0.39, 0.29) is 0 Å². The minimum absolute atomic E-state index is 0.431. The van der Waals surface area contributed by atoms with Crippen molar-refractivity contribution in [3.8, 4) is 0 Å². The predicted molar refractivity (Wildman–Crippen MR) is 66.3 cm³/mol. The Morgan fingerprint density at radius 2 is 2.38 bits per heavy atom. The average Bonchev–Trinajstić information content (AvgIpc) is 2.69. The first-order valence-electron chi connectivity index (χ1n) is 6.55. The van der Waals surface area contributed by atoms with Crippen molar-refractivity contribution in [1.29, 1.82) is 0 Å². The molecule has 90 valence electrons. The van der Waals surface area contributed by atoms with E-state index in [1.165, 1.54) is 31.2 Å². The number of aryl methyl sites for hydroxylation is 1. The summed E-state index contributed by atoms with van der Waals surface area (Å²) in [5, 5.41) is 7.89. The van der Waals surface area contributed by atoms with Gasteiger partial charge in [-0.1, -0.05) is 19.3 Å². The molecule has 1 saturated carbocycles. The van der Waals surface area contributed by atoms with E-state index in [1.54, 1.807) is 0 Å². The van der Waals surface area contributed by atoms with E-state index in [1.807, 2.05) is 10.9 Å². The minimum atomic E-state index is 0.431. The summed E-state index contributed by atoms with van der Waals surface area (Å²) in [7, 11) is 0. The van der Waals surface area contributed by atoms with E-state index < -0.39 is 0 Å². The molecule has 2 rings (SSSR count). The maximum atomic E-state index is 4.30. The third kappa shape index (κ3) is 2.85. The van der Waals surface area contributed by atoms with Crippen LogP contribution in [0.2, 0.25) is 0 Å². The largest absolute Gasteiger partial charge is 0.310 e. The molecule has 16 heavy (non-hydrogen) atoms. The molecule has 3 heteroatoms. The molecule has 1 aromatic heterocycles. The highest BCUT2D eigenvalue weighted by Crippen LogP contribution is 2.28. The molecule has 0 spiro atoms. The number of nitrogens with one attached hydrogen (secondary N) is 1. The van der Waals surface area contributed by atoms with Crippen LogP contribution in [-0.2, 0) is 6.54 Å². The Hall–Kier alpha value is -0.830. The quantitative estimate of drug-likeness (QED) is 0.800. The summed E-state index contributed by atoms with van der Waals surface area (Å²) in [6.45, 7) is 6.43. The van der Waals surface area contributed by atoms with Crippen molar-refractivity contribution in [3.63, 3.8) is 0 Å². The van der Waals surface area contributed by atoms with Crippen LogP contribution in [0.5, 0.6) is 0 Å². The lowest BCUT2D eigenvalue weighted by Crippen LogP contribution is -2.23. The fraction of sp³-hybridized carbons (Fsp3) is 0.769. The molecule has 1 heterocycles. The first-order chi connectivity index (χ1) is 7.79. The molecule has 1 aromatic rings. The highest BCUT2D eigenvalue weighted by Gasteiger charge is 2.17. The summed E-state index contributed by atoms with van der Waals surface area (Å²) < 4.78 is 1.99. The molecule has 0 amide bonds. The summed E-state index contributed by atoms with van der Waals surface area (Å²) in [6, 6.07) is 0.431. The first kappa shape index (κ1) is 11.6. The van der Waals surface area contributed by atoms with Crippen LogP contribution in [0.4, 0.5) is 0 Å². The molecule has 1 N–H and O–H groups in total. The highest BCUT2D eigenvalue weighted by atomic mass is 15.3. The SMILES string of the molecule is CCn1cc(C(C)NCCC2CCC2)cn1. The number of nitrogens with zero attached hydrogens (tertiary/aromatic N) is 2. The smallest absolute Gasteiger partial charge is 0.0537 e. The van der Waals surface area contributed by atoms with Crippen molar-refractivity contribution in [2.24, 2.45) is 5.92 Å². The van der Waals surface area contributed by atoms with Crippen molar-refractivity contribution in [1.82, 2.24) is 15.1 Å². The Labute approximate surface area is 98.2 Å². The van der Waals surface area contributed by atoms with Crippen molar-refractivity contribution in [2.45, 2.75) is 52.1 Å². The Morgan fingerprint density at radius 1 is 1.56 bits per heavy atom. The van der Waals surface area contributed by atoms with Crippen LogP contribution in [0, 0.1) is 5.92 Å². The summed E-state index contributed by atoms with van der Waals surface area (Å²) in [5.74, 6) is 0.998. The van der Waals surface area contributed by atoms with E-state index >= 15 is 0 Å². The van der Waals surface area contributed by atoms with Crippen LogP contribution < -0.4 is 5.32 Å². The molecule has 1 aliphatic rings. The second-order valence-corrected chi connectivity index (χ2v) is 4.89. The molecular formula is C13H23N3. The topological polar surface area (TPSA) is 29.9 Å². The fourth-order valence-corrected chi connectivity index (χ4v) is 2.18. The summed E-state index contributed by atoms with van der Waals surface area (Å²) >= 11 is 0. The van der Waals surface area contributed by atoms with E-state index in [9.17, 15) is 0 Å². The van der Waals surface area contributed by atoms with Gasteiger partial charge in [0.05, 0.1) is 6.20 Å². The number of rotatable bonds is 6. The van der Waals surface area contributed by atoms with Crippen LogP contribution in [-0.4, -0.2) is 16.3 Å². The summed E-state index contributed by atoms with van der Waals surface area (Å²) in [6.07, 6.45) is 9.80. The molecule has 1 fully saturated rings. The van der Waals surface area contributed by atoms with E-state index in [4.69, 9.17) is 0 Å². The van der Waals surface area contributed by atoms with Crippen LogP contribution >= 0.6 is 0 Å². The van der Waals surface area contributed by atoms with Crippen molar-refractivity contribution < 1.29 is 0 Å². The Balaban J connectivity index is 1.71. The van der Waals surface area contributed by atoms with Crippen molar-refractivity contribution >= 4 is 0 Å². The second kappa shape index (κ2) is 5.48. The average molecular weight is 221 g/mol. The molecule has 1 unspecified atom stereocenters. The third-order valence-electron chi connectivity index (χ3n) is 3.71. The van der Waals surface area contributed by atoms with Crippen LogP contribution in [0.25, 0.3) is 0 Å². The Morgan fingerprint density at radius 3 is 2.94 bits per heavy atom. The lowest BCUT2D eigenvalue weighted by atomic mass is 9.83. The van der Waals surface area contributed by atoms with Gasteiger partial charge in [0.2, 0.25) is 0 Å². The molecular weight excluding hydrogens is 198 g/mol. The van der Waals surface area contributed by atoms with Crippen LogP contribution in [0.3, 0.4) is 0 Å². The number of hydrogen-bond donors (Lipinski definition) is 1. The van der Waals surface area contributed by atoms with Gasteiger partial charge < -0.3 is 5.32 Å². The monoisotopic (exact) mass is 221 g/mol. The van der Waals surface area contributed by atoms with Gasteiger partial charge in [0.1, 0.15) is 0 Å². The zero-order valence-electron chi connectivity index (χ0n) is 10.4. The zero-order chi connectivity index (χ0) is 11.4. The summed E-state index contributed by atoms with van der Waals surface area (Å²) in [5.41, 5.74) is 1.30. The van der Waals surface area contributed by atoms with Gasteiger partial charge in [0, 0.05) is 24.3 Å². The van der Waals surface area contributed by atoms with Gasteiger partial charge in [-0.15, -0.1) is 0 Å². The maximum Gasteiger partial charge on any atom is 0.0537 e. The first-order valence-corrected chi connectivity index (χ1v) is 6.55. The van der Waals surface area contributed by atoms with Gasteiger partial charge in [-0.05, 0) is 32.7 Å². The summed E-state index contributed by atoms with van der Waals surface area (Å²) in [4.78, 5) is 0. The molecule has 1 atom stereocenters. The lowest BCUT2D eigenvalue weighted by molar-refractivity contribution is 0.288. The van der Waals surface area contributed by atoms with Gasteiger partial charge in [0.15, 0.2) is 0 Å². The lowest BCUT2D eigenvalue weighted by Gasteiger charge is -2.25. The standard InChI is InChI=1S/C13H23N3/c1-3-16-10-13(9-15-16)11(2)14-8-7-12-5-4-6-12/h9-12,14H,3-8H2,1-2H3.